The summed E-state index contributed by atoms with van der Waals surface area (Å²) in [6.45, 7) is 6.79. The smallest absolute Gasteiger partial charge is 0.0543 e. The van der Waals surface area contributed by atoms with Gasteiger partial charge in [0.2, 0.25) is 0 Å². The van der Waals surface area contributed by atoms with Gasteiger partial charge < -0.3 is 10.4 Å². The molecule has 0 heterocycles. The molecule has 0 amide bonds. The van der Waals surface area contributed by atoms with E-state index in [0.717, 1.165) is 37.8 Å². The zero-order valence-electron chi connectivity index (χ0n) is 9.63. The van der Waals surface area contributed by atoms with Gasteiger partial charge in [-0.05, 0) is 57.0 Å². The fraction of sp³-hybridized carbons (Fsp3) is 1.00. The minimum Gasteiger partial charge on any atom is -0.393 e. The monoisotopic (exact) mass is 199 g/mol. The first kappa shape index (κ1) is 12.0. The van der Waals surface area contributed by atoms with E-state index in [2.05, 4.69) is 19.2 Å². The first-order valence-electron chi connectivity index (χ1n) is 6.07. The molecule has 1 saturated carbocycles. The molecule has 1 fully saturated rings. The molecule has 84 valence electrons. The molecule has 0 aliphatic heterocycles. The third-order valence-corrected chi connectivity index (χ3v) is 3.08. The average Bonchev–Trinajstić information content (AvgIpc) is 2.50. The van der Waals surface area contributed by atoms with Gasteiger partial charge in [-0.3, -0.25) is 0 Å². The van der Waals surface area contributed by atoms with Gasteiger partial charge in [-0.2, -0.15) is 0 Å². The normalized spacial score (nSPS) is 27.4. The summed E-state index contributed by atoms with van der Waals surface area (Å²) in [5, 5.41) is 12.8. The topological polar surface area (TPSA) is 32.3 Å². The molecule has 0 aromatic rings. The van der Waals surface area contributed by atoms with Crippen LogP contribution in [0.5, 0.6) is 0 Å². The van der Waals surface area contributed by atoms with Crippen molar-refractivity contribution in [3.63, 3.8) is 0 Å². The van der Waals surface area contributed by atoms with Gasteiger partial charge in [-0.15, -0.1) is 0 Å². The van der Waals surface area contributed by atoms with Gasteiger partial charge in [-0.25, -0.2) is 0 Å². The Morgan fingerprint density at radius 3 is 2.71 bits per heavy atom. The highest BCUT2D eigenvalue weighted by molar-refractivity contribution is 4.75. The molecule has 1 aliphatic carbocycles. The summed E-state index contributed by atoms with van der Waals surface area (Å²) in [5.41, 5.74) is 0. The molecule has 1 aliphatic rings. The van der Waals surface area contributed by atoms with E-state index in [-0.39, 0.29) is 6.10 Å². The Kier molecular flexibility index (Phi) is 5.49. The Morgan fingerprint density at radius 1 is 1.36 bits per heavy atom. The van der Waals surface area contributed by atoms with Gasteiger partial charge in [0, 0.05) is 0 Å². The van der Waals surface area contributed by atoms with E-state index >= 15 is 0 Å². The Bertz CT molecular complexity index is 147. The van der Waals surface area contributed by atoms with Crippen LogP contribution >= 0.6 is 0 Å². The fourth-order valence-corrected chi connectivity index (χ4v) is 2.18. The van der Waals surface area contributed by atoms with E-state index in [1.807, 2.05) is 0 Å². The van der Waals surface area contributed by atoms with Crippen LogP contribution in [-0.2, 0) is 0 Å². The van der Waals surface area contributed by atoms with Crippen molar-refractivity contribution in [3.8, 4) is 0 Å². The van der Waals surface area contributed by atoms with Crippen LogP contribution in [0.3, 0.4) is 0 Å². The predicted molar refractivity (Wildman–Crippen MR) is 60.3 cm³/mol. The first-order valence-corrected chi connectivity index (χ1v) is 6.07. The summed E-state index contributed by atoms with van der Waals surface area (Å²) in [4.78, 5) is 0. The van der Waals surface area contributed by atoms with Crippen LogP contribution in [0.15, 0.2) is 0 Å². The van der Waals surface area contributed by atoms with Crippen LogP contribution in [0, 0.1) is 11.8 Å². The Hall–Kier alpha value is -0.0800. The first-order chi connectivity index (χ1) is 6.68. The van der Waals surface area contributed by atoms with Gasteiger partial charge in [0.1, 0.15) is 0 Å². The Labute approximate surface area is 88.1 Å². The van der Waals surface area contributed by atoms with Gasteiger partial charge >= 0.3 is 0 Å². The predicted octanol–water partition coefficient (Wildman–Crippen LogP) is 2.17. The van der Waals surface area contributed by atoms with E-state index in [1.165, 1.54) is 19.3 Å². The highest BCUT2D eigenvalue weighted by Crippen LogP contribution is 2.24. The summed E-state index contributed by atoms with van der Waals surface area (Å²) in [6.07, 6.45) is 5.82. The number of nitrogens with one attached hydrogen (secondary N) is 1. The van der Waals surface area contributed by atoms with Crippen molar-refractivity contribution >= 4 is 0 Å². The van der Waals surface area contributed by atoms with Crippen molar-refractivity contribution in [1.29, 1.82) is 0 Å². The maximum atomic E-state index is 9.35. The van der Waals surface area contributed by atoms with Crippen molar-refractivity contribution in [3.05, 3.63) is 0 Å². The molecule has 0 aromatic carbocycles. The molecule has 0 radical (unpaired) electrons. The molecule has 0 spiro atoms. The zero-order chi connectivity index (χ0) is 10.4. The molecule has 0 saturated heterocycles. The van der Waals surface area contributed by atoms with E-state index in [1.54, 1.807) is 0 Å². The van der Waals surface area contributed by atoms with E-state index in [9.17, 15) is 5.11 Å². The quantitative estimate of drug-likeness (QED) is 0.643. The second kappa shape index (κ2) is 6.41. The standard InChI is InChI=1S/C12H25NO/c1-10(2)4-3-7-13-9-11-5-6-12(14)8-11/h10-14H,3-9H2,1-2H3. The molecule has 1 rings (SSSR count). The molecule has 2 atom stereocenters. The highest BCUT2D eigenvalue weighted by Gasteiger charge is 2.21. The minimum absolute atomic E-state index is 0.0162. The second-order valence-electron chi connectivity index (χ2n) is 5.07. The second-order valence-corrected chi connectivity index (χ2v) is 5.07. The van der Waals surface area contributed by atoms with Crippen LogP contribution in [0.25, 0.3) is 0 Å². The highest BCUT2D eigenvalue weighted by atomic mass is 16.3. The minimum atomic E-state index is -0.0162. The van der Waals surface area contributed by atoms with Gasteiger partial charge in [0.05, 0.1) is 6.10 Å². The largest absolute Gasteiger partial charge is 0.393 e. The van der Waals surface area contributed by atoms with E-state index < -0.39 is 0 Å². The van der Waals surface area contributed by atoms with Crippen molar-refractivity contribution in [2.24, 2.45) is 11.8 Å². The van der Waals surface area contributed by atoms with Crippen LogP contribution in [0.2, 0.25) is 0 Å². The van der Waals surface area contributed by atoms with Gasteiger partial charge in [-0.1, -0.05) is 13.8 Å². The number of rotatable bonds is 6. The number of aliphatic hydroxyl groups is 1. The number of aliphatic hydroxyl groups excluding tert-OH is 1. The third kappa shape index (κ3) is 4.97. The zero-order valence-corrected chi connectivity index (χ0v) is 9.63. The summed E-state index contributed by atoms with van der Waals surface area (Å²) < 4.78 is 0. The molecular formula is C12H25NO. The SMILES string of the molecule is CC(C)CCCNCC1CCC(O)C1. The maximum Gasteiger partial charge on any atom is 0.0543 e. The molecule has 2 unspecified atom stereocenters. The fourth-order valence-electron chi connectivity index (χ4n) is 2.18. The maximum absolute atomic E-state index is 9.35. The molecule has 2 nitrogen and oxygen atoms in total. The number of hydrogen-bond donors (Lipinski definition) is 2. The van der Waals surface area contributed by atoms with Gasteiger partial charge in [0.15, 0.2) is 0 Å². The molecule has 0 bridgehead atoms. The summed E-state index contributed by atoms with van der Waals surface area (Å²) >= 11 is 0. The van der Waals surface area contributed by atoms with Crippen molar-refractivity contribution in [2.75, 3.05) is 13.1 Å². The lowest BCUT2D eigenvalue weighted by atomic mass is 10.1. The molecule has 14 heavy (non-hydrogen) atoms. The molecule has 2 N–H and O–H groups in total. The summed E-state index contributed by atoms with van der Waals surface area (Å²) in [7, 11) is 0. The van der Waals surface area contributed by atoms with Crippen LogP contribution < -0.4 is 5.32 Å². The lowest BCUT2D eigenvalue weighted by molar-refractivity contribution is 0.177. The summed E-state index contributed by atoms with van der Waals surface area (Å²) in [6, 6.07) is 0. The Balaban J connectivity index is 1.89. The van der Waals surface area contributed by atoms with Crippen molar-refractivity contribution in [2.45, 2.75) is 52.1 Å². The van der Waals surface area contributed by atoms with E-state index in [0.29, 0.717) is 0 Å². The molecule has 0 aromatic heterocycles. The molecular weight excluding hydrogens is 174 g/mol. The third-order valence-electron chi connectivity index (χ3n) is 3.08. The lowest BCUT2D eigenvalue weighted by Gasteiger charge is -2.11. The summed E-state index contributed by atoms with van der Waals surface area (Å²) in [5.74, 6) is 1.55. The van der Waals surface area contributed by atoms with Crippen LogP contribution in [-0.4, -0.2) is 24.3 Å². The molecule has 2 heteroatoms. The van der Waals surface area contributed by atoms with E-state index in [4.69, 9.17) is 0 Å². The number of hydrogen-bond acceptors (Lipinski definition) is 2. The Morgan fingerprint density at radius 2 is 2.14 bits per heavy atom. The van der Waals surface area contributed by atoms with Crippen LogP contribution in [0.4, 0.5) is 0 Å². The lowest BCUT2D eigenvalue weighted by Crippen LogP contribution is -2.23. The average molecular weight is 199 g/mol. The van der Waals surface area contributed by atoms with Gasteiger partial charge in [0.25, 0.3) is 0 Å². The van der Waals surface area contributed by atoms with Crippen molar-refractivity contribution < 1.29 is 5.11 Å². The van der Waals surface area contributed by atoms with Crippen LogP contribution in [0.1, 0.15) is 46.0 Å². The van der Waals surface area contributed by atoms with Crippen molar-refractivity contribution in [1.82, 2.24) is 5.32 Å².